The minimum absolute atomic E-state index is 0.0189. The maximum absolute atomic E-state index is 11.8. The second kappa shape index (κ2) is 9.01. The summed E-state index contributed by atoms with van der Waals surface area (Å²) >= 11 is 6.22. The number of nitrogens with zero attached hydrogens (tertiary/aromatic N) is 5. The smallest absolute Gasteiger partial charge is 0.229 e. The van der Waals surface area contributed by atoms with Crippen LogP contribution in [0.2, 0.25) is 5.02 Å². The van der Waals surface area contributed by atoms with E-state index in [-0.39, 0.29) is 18.6 Å². The number of piperidine rings is 1. The van der Waals surface area contributed by atoms with Crippen molar-refractivity contribution in [2.75, 3.05) is 30.3 Å². The van der Waals surface area contributed by atoms with Crippen LogP contribution in [0.15, 0.2) is 18.6 Å². The highest BCUT2D eigenvalue weighted by Gasteiger charge is 2.24. The van der Waals surface area contributed by atoms with E-state index in [0.29, 0.717) is 35.6 Å². The Kier molecular flexibility index (Phi) is 6.46. The highest BCUT2D eigenvalue weighted by atomic mass is 35.5. The molecule has 0 saturated carbocycles. The van der Waals surface area contributed by atoms with Gasteiger partial charge in [0.1, 0.15) is 5.02 Å². The van der Waals surface area contributed by atoms with Crippen LogP contribution in [0.3, 0.4) is 0 Å². The first kappa shape index (κ1) is 19.4. The molecular weight excluding hydrogens is 370 g/mol. The fraction of sp³-hybridized carbons (Fsp3) is 0.529. The maximum atomic E-state index is 11.8. The summed E-state index contributed by atoms with van der Waals surface area (Å²) in [6, 6.07) is 0.135. The number of amides is 1. The molecule has 2 aromatic heterocycles. The van der Waals surface area contributed by atoms with Crippen LogP contribution in [0, 0.1) is 0 Å². The Morgan fingerprint density at radius 1 is 1.41 bits per heavy atom. The van der Waals surface area contributed by atoms with E-state index in [2.05, 4.69) is 25.7 Å². The van der Waals surface area contributed by atoms with Gasteiger partial charge in [-0.25, -0.2) is 4.98 Å². The van der Waals surface area contributed by atoms with Crippen LogP contribution < -0.4 is 10.6 Å². The summed E-state index contributed by atoms with van der Waals surface area (Å²) in [5, 5.41) is 19.8. The zero-order valence-corrected chi connectivity index (χ0v) is 16.0. The summed E-state index contributed by atoms with van der Waals surface area (Å²) in [5.74, 6) is 1.00. The lowest BCUT2D eigenvalue weighted by molar-refractivity contribution is -0.132. The molecule has 0 radical (unpaired) electrons. The van der Waals surface area contributed by atoms with Gasteiger partial charge in [0.05, 0.1) is 31.2 Å². The highest BCUT2D eigenvalue weighted by Crippen LogP contribution is 2.23. The van der Waals surface area contributed by atoms with Crippen LogP contribution in [0.4, 0.5) is 17.5 Å². The van der Waals surface area contributed by atoms with Crippen molar-refractivity contribution in [1.82, 2.24) is 24.6 Å². The Morgan fingerprint density at radius 2 is 2.26 bits per heavy atom. The number of halogens is 1. The number of aromatic nitrogens is 4. The van der Waals surface area contributed by atoms with E-state index < -0.39 is 0 Å². The van der Waals surface area contributed by atoms with Gasteiger partial charge in [-0.05, 0) is 19.3 Å². The first-order valence-electron chi connectivity index (χ1n) is 9.01. The predicted molar refractivity (Wildman–Crippen MR) is 103 cm³/mol. The summed E-state index contributed by atoms with van der Waals surface area (Å²) < 4.78 is 1.62. The fourth-order valence-electron chi connectivity index (χ4n) is 3.18. The number of likely N-dealkylation sites (tertiary alicyclic amines) is 1. The molecule has 0 bridgehead atoms. The topological polar surface area (TPSA) is 108 Å². The zero-order chi connectivity index (χ0) is 19.2. The molecule has 9 nitrogen and oxygen atoms in total. The molecule has 2 aromatic rings. The van der Waals surface area contributed by atoms with E-state index in [0.717, 1.165) is 25.8 Å². The molecule has 3 heterocycles. The van der Waals surface area contributed by atoms with Gasteiger partial charge in [-0.1, -0.05) is 11.6 Å². The number of hydrogen-bond acceptors (Lipinski definition) is 7. The van der Waals surface area contributed by atoms with Gasteiger partial charge < -0.3 is 20.6 Å². The molecule has 3 N–H and O–H groups in total. The van der Waals surface area contributed by atoms with E-state index in [1.807, 2.05) is 4.90 Å². The van der Waals surface area contributed by atoms with Crippen LogP contribution >= 0.6 is 11.6 Å². The van der Waals surface area contributed by atoms with Crippen molar-refractivity contribution in [2.45, 2.75) is 38.8 Å². The molecule has 1 aliphatic rings. The SMILES string of the molecule is CC(=O)N1CCCC[C@H]1CNc1nc(Nc2cnn(CCO)c2)ncc1Cl. The lowest BCUT2D eigenvalue weighted by Crippen LogP contribution is -2.46. The first-order valence-corrected chi connectivity index (χ1v) is 9.38. The van der Waals surface area contributed by atoms with Crippen molar-refractivity contribution < 1.29 is 9.90 Å². The molecule has 1 saturated heterocycles. The van der Waals surface area contributed by atoms with Gasteiger partial charge >= 0.3 is 0 Å². The second-order valence-electron chi connectivity index (χ2n) is 6.47. The predicted octanol–water partition coefficient (Wildman–Crippen LogP) is 1.88. The van der Waals surface area contributed by atoms with Gasteiger partial charge in [-0.2, -0.15) is 10.1 Å². The van der Waals surface area contributed by atoms with Crippen molar-refractivity contribution >= 4 is 35.0 Å². The van der Waals surface area contributed by atoms with Crippen LogP contribution in [-0.4, -0.2) is 61.4 Å². The number of aliphatic hydroxyl groups is 1. The summed E-state index contributed by atoms with van der Waals surface area (Å²) in [5.41, 5.74) is 0.715. The van der Waals surface area contributed by atoms with Crippen molar-refractivity contribution in [3.05, 3.63) is 23.6 Å². The van der Waals surface area contributed by atoms with E-state index in [1.54, 1.807) is 24.0 Å². The van der Waals surface area contributed by atoms with Gasteiger partial charge in [0.2, 0.25) is 11.9 Å². The Balaban J connectivity index is 1.65. The Bertz CT molecular complexity index is 782. The minimum atomic E-state index is 0.0189. The number of aliphatic hydroxyl groups excluding tert-OH is 1. The molecule has 1 amide bonds. The molecule has 0 aliphatic carbocycles. The number of rotatable bonds is 7. The Hall–Kier alpha value is -2.39. The van der Waals surface area contributed by atoms with Crippen molar-refractivity contribution in [3.63, 3.8) is 0 Å². The van der Waals surface area contributed by atoms with Gasteiger partial charge in [0, 0.05) is 32.3 Å². The average molecular weight is 394 g/mol. The normalized spacial score (nSPS) is 17.0. The molecule has 0 spiro atoms. The van der Waals surface area contributed by atoms with Gasteiger partial charge in [-0.15, -0.1) is 0 Å². The quantitative estimate of drug-likeness (QED) is 0.659. The summed E-state index contributed by atoms with van der Waals surface area (Å²) in [6.07, 6.45) is 8.04. The molecular formula is C17H24ClN7O2. The summed E-state index contributed by atoms with van der Waals surface area (Å²) in [4.78, 5) is 22.3. The van der Waals surface area contributed by atoms with Crippen molar-refractivity contribution in [2.24, 2.45) is 0 Å². The lowest BCUT2D eigenvalue weighted by Gasteiger charge is -2.35. The molecule has 1 fully saturated rings. The van der Waals surface area contributed by atoms with Crippen LogP contribution in [0.5, 0.6) is 0 Å². The van der Waals surface area contributed by atoms with Crippen molar-refractivity contribution in [1.29, 1.82) is 0 Å². The van der Waals surface area contributed by atoms with Gasteiger partial charge in [-0.3, -0.25) is 9.48 Å². The average Bonchev–Trinajstić information content (AvgIpc) is 3.09. The standard InChI is InChI=1S/C17H24ClN7O2/c1-12(27)25-5-3-2-4-14(25)9-19-16-15(18)10-20-17(23-16)22-13-8-21-24(11-13)6-7-26/h8,10-11,14,26H,2-7,9H2,1H3,(H2,19,20,22,23)/t14-/m0/s1. The zero-order valence-electron chi connectivity index (χ0n) is 15.2. The molecule has 27 heavy (non-hydrogen) atoms. The van der Waals surface area contributed by atoms with E-state index >= 15 is 0 Å². The van der Waals surface area contributed by atoms with E-state index in [1.165, 1.54) is 6.20 Å². The molecule has 10 heteroatoms. The van der Waals surface area contributed by atoms with Crippen LogP contribution in [0.25, 0.3) is 0 Å². The summed E-state index contributed by atoms with van der Waals surface area (Å²) in [6.45, 7) is 3.43. The number of hydrogen-bond donors (Lipinski definition) is 3. The fourth-order valence-corrected chi connectivity index (χ4v) is 3.33. The van der Waals surface area contributed by atoms with E-state index in [9.17, 15) is 4.79 Å². The second-order valence-corrected chi connectivity index (χ2v) is 6.88. The lowest BCUT2D eigenvalue weighted by atomic mass is 10.0. The monoisotopic (exact) mass is 393 g/mol. The Morgan fingerprint density at radius 3 is 3.04 bits per heavy atom. The molecule has 1 aliphatic heterocycles. The largest absolute Gasteiger partial charge is 0.394 e. The third-order valence-electron chi connectivity index (χ3n) is 4.50. The number of nitrogens with one attached hydrogen (secondary N) is 2. The van der Waals surface area contributed by atoms with Gasteiger partial charge in [0.15, 0.2) is 5.82 Å². The molecule has 3 rings (SSSR count). The first-order chi connectivity index (χ1) is 13.1. The van der Waals surface area contributed by atoms with Crippen LogP contribution in [0.1, 0.15) is 26.2 Å². The van der Waals surface area contributed by atoms with E-state index in [4.69, 9.17) is 16.7 Å². The van der Waals surface area contributed by atoms with Gasteiger partial charge in [0.25, 0.3) is 0 Å². The number of anilines is 3. The third-order valence-corrected chi connectivity index (χ3v) is 4.78. The molecule has 1 atom stereocenters. The molecule has 0 unspecified atom stereocenters. The number of carbonyl (C=O) groups excluding carboxylic acids is 1. The number of carbonyl (C=O) groups is 1. The maximum Gasteiger partial charge on any atom is 0.229 e. The highest BCUT2D eigenvalue weighted by molar-refractivity contribution is 6.32. The molecule has 146 valence electrons. The molecule has 0 aromatic carbocycles. The van der Waals surface area contributed by atoms with Crippen LogP contribution in [-0.2, 0) is 11.3 Å². The third kappa shape index (κ3) is 5.08. The van der Waals surface area contributed by atoms with Crippen molar-refractivity contribution in [3.8, 4) is 0 Å². The summed E-state index contributed by atoms with van der Waals surface area (Å²) in [7, 11) is 0. The minimum Gasteiger partial charge on any atom is -0.394 e. The Labute approximate surface area is 162 Å².